The summed E-state index contributed by atoms with van der Waals surface area (Å²) in [4.78, 5) is 12.9. The molecular weight excluding hydrogens is 455 g/mol. The van der Waals surface area contributed by atoms with Crippen molar-refractivity contribution in [1.29, 1.82) is 0 Å². The fourth-order valence-corrected chi connectivity index (χ4v) is 4.18. The van der Waals surface area contributed by atoms with Crippen LogP contribution in [0.15, 0.2) is 60.7 Å². The number of nitrogens with zero attached hydrogens (tertiary/aromatic N) is 1. The zero-order valence-electron chi connectivity index (χ0n) is 17.7. The van der Waals surface area contributed by atoms with Gasteiger partial charge < -0.3 is 10.1 Å². The summed E-state index contributed by atoms with van der Waals surface area (Å²) in [6, 6.07) is 15.0. The molecule has 0 atom stereocenters. The number of nitrogens with one attached hydrogen (secondary N) is 1. The van der Waals surface area contributed by atoms with E-state index in [4.69, 9.17) is 16.3 Å². The summed E-state index contributed by atoms with van der Waals surface area (Å²) in [7, 11) is -2.25. The largest absolute Gasteiger partial charge is 0.496 e. The molecule has 0 aliphatic carbocycles. The van der Waals surface area contributed by atoms with Crippen LogP contribution in [0.2, 0.25) is 5.02 Å². The predicted molar refractivity (Wildman–Crippen MR) is 125 cm³/mol. The highest BCUT2D eigenvalue weighted by Gasteiger charge is 2.21. The fourth-order valence-electron chi connectivity index (χ4n) is 3.13. The van der Waals surface area contributed by atoms with Crippen LogP contribution in [-0.2, 0) is 16.6 Å². The number of carbonyl (C=O) groups is 1. The third-order valence-electron chi connectivity index (χ3n) is 4.82. The Kier molecular flexibility index (Phi) is 7.06. The molecule has 0 saturated carbocycles. The molecule has 1 N–H and O–H groups in total. The van der Waals surface area contributed by atoms with Crippen molar-refractivity contribution in [2.75, 3.05) is 23.0 Å². The Labute approximate surface area is 191 Å². The molecule has 0 aromatic heterocycles. The van der Waals surface area contributed by atoms with Crippen molar-refractivity contribution in [3.8, 4) is 5.75 Å². The van der Waals surface area contributed by atoms with E-state index in [-0.39, 0.29) is 12.5 Å². The maximum absolute atomic E-state index is 13.3. The first-order valence-electron chi connectivity index (χ1n) is 9.56. The van der Waals surface area contributed by atoms with Gasteiger partial charge in [-0.25, -0.2) is 12.8 Å². The highest BCUT2D eigenvalue weighted by atomic mass is 35.5. The Morgan fingerprint density at radius 1 is 1.09 bits per heavy atom. The van der Waals surface area contributed by atoms with Gasteiger partial charge in [-0.1, -0.05) is 17.7 Å². The van der Waals surface area contributed by atoms with Crippen molar-refractivity contribution in [2.24, 2.45) is 0 Å². The van der Waals surface area contributed by atoms with Gasteiger partial charge in [-0.05, 0) is 67.1 Å². The fraction of sp³-hybridized carbons (Fsp3) is 0.174. The molecule has 6 nitrogen and oxygen atoms in total. The second-order valence-electron chi connectivity index (χ2n) is 7.19. The molecule has 0 spiro atoms. The number of carbonyl (C=O) groups excluding carboxylic acids is 1. The van der Waals surface area contributed by atoms with E-state index in [1.165, 1.54) is 31.4 Å². The van der Waals surface area contributed by atoms with E-state index in [1.807, 2.05) is 6.92 Å². The van der Waals surface area contributed by atoms with Gasteiger partial charge >= 0.3 is 0 Å². The van der Waals surface area contributed by atoms with Crippen molar-refractivity contribution in [3.05, 3.63) is 88.2 Å². The summed E-state index contributed by atoms with van der Waals surface area (Å²) < 4.78 is 44.7. The molecule has 0 unspecified atom stereocenters. The van der Waals surface area contributed by atoms with Crippen molar-refractivity contribution < 1.29 is 22.3 Å². The van der Waals surface area contributed by atoms with Crippen LogP contribution in [0.3, 0.4) is 0 Å². The molecule has 32 heavy (non-hydrogen) atoms. The quantitative estimate of drug-likeness (QED) is 0.519. The van der Waals surface area contributed by atoms with E-state index in [9.17, 15) is 17.6 Å². The average Bonchev–Trinajstić information content (AvgIpc) is 2.74. The highest BCUT2D eigenvalue weighted by Crippen LogP contribution is 2.27. The molecule has 3 aromatic carbocycles. The lowest BCUT2D eigenvalue weighted by Gasteiger charge is -2.24. The van der Waals surface area contributed by atoms with E-state index in [0.29, 0.717) is 33.3 Å². The van der Waals surface area contributed by atoms with Crippen LogP contribution in [0.1, 0.15) is 21.5 Å². The standard InChI is InChI=1S/C23H22ClFN2O4S/c1-15-4-6-18(24)13-21(15)26-23(28)16-5-11-22(31-2)17(12-16)14-27(32(3,29)30)20-9-7-19(25)8-10-20/h4-13H,14H2,1-3H3,(H,26,28). The van der Waals surface area contributed by atoms with Gasteiger partial charge in [-0.3, -0.25) is 9.10 Å². The first-order valence-corrected chi connectivity index (χ1v) is 11.8. The number of hydrogen-bond donors (Lipinski definition) is 1. The predicted octanol–water partition coefficient (Wildman–Crippen LogP) is 5.01. The number of hydrogen-bond acceptors (Lipinski definition) is 4. The Bertz CT molecular complexity index is 1250. The summed E-state index contributed by atoms with van der Waals surface area (Å²) >= 11 is 6.03. The maximum Gasteiger partial charge on any atom is 0.255 e. The van der Waals surface area contributed by atoms with Crippen molar-refractivity contribution in [2.45, 2.75) is 13.5 Å². The van der Waals surface area contributed by atoms with Crippen LogP contribution < -0.4 is 14.4 Å². The van der Waals surface area contributed by atoms with Gasteiger partial charge in [0.1, 0.15) is 11.6 Å². The van der Waals surface area contributed by atoms with Crippen molar-refractivity contribution in [1.82, 2.24) is 0 Å². The number of anilines is 2. The Morgan fingerprint density at radius 2 is 1.78 bits per heavy atom. The number of methoxy groups -OCH3 is 1. The summed E-state index contributed by atoms with van der Waals surface area (Å²) in [6.07, 6.45) is 1.06. The Morgan fingerprint density at radius 3 is 2.41 bits per heavy atom. The number of sulfonamides is 1. The third kappa shape index (κ3) is 5.57. The summed E-state index contributed by atoms with van der Waals surface area (Å²) in [5.74, 6) is -0.446. The third-order valence-corrected chi connectivity index (χ3v) is 6.19. The molecule has 0 aliphatic rings. The second kappa shape index (κ2) is 9.58. The van der Waals surface area contributed by atoms with Gasteiger partial charge in [0.15, 0.2) is 0 Å². The molecule has 0 saturated heterocycles. The second-order valence-corrected chi connectivity index (χ2v) is 9.53. The normalized spacial score (nSPS) is 11.2. The van der Waals surface area contributed by atoms with E-state index in [0.717, 1.165) is 16.1 Å². The number of rotatable bonds is 7. The van der Waals surface area contributed by atoms with E-state index < -0.39 is 15.8 Å². The van der Waals surface area contributed by atoms with Crippen LogP contribution in [0.25, 0.3) is 0 Å². The molecule has 3 rings (SSSR count). The van der Waals surface area contributed by atoms with Gasteiger partial charge in [0, 0.05) is 21.8 Å². The molecule has 0 aliphatic heterocycles. The van der Waals surface area contributed by atoms with Crippen LogP contribution in [0.5, 0.6) is 5.75 Å². The van der Waals surface area contributed by atoms with Gasteiger partial charge in [-0.2, -0.15) is 0 Å². The minimum Gasteiger partial charge on any atom is -0.496 e. The van der Waals surface area contributed by atoms with E-state index in [2.05, 4.69) is 5.32 Å². The lowest BCUT2D eigenvalue weighted by Crippen LogP contribution is -2.29. The van der Waals surface area contributed by atoms with Gasteiger partial charge in [0.2, 0.25) is 10.0 Å². The lowest BCUT2D eigenvalue weighted by atomic mass is 10.1. The SMILES string of the molecule is COc1ccc(C(=O)Nc2cc(Cl)ccc2C)cc1CN(c1ccc(F)cc1)S(C)(=O)=O. The first-order chi connectivity index (χ1) is 15.1. The molecule has 0 heterocycles. The first kappa shape index (κ1) is 23.6. The molecule has 9 heteroatoms. The zero-order valence-corrected chi connectivity index (χ0v) is 19.3. The van der Waals surface area contributed by atoms with Crippen molar-refractivity contribution in [3.63, 3.8) is 0 Å². The molecule has 0 radical (unpaired) electrons. The number of aryl methyl sites for hydroxylation is 1. The number of ether oxygens (including phenoxy) is 1. The Balaban J connectivity index is 1.95. The minimum absolute atomic E-state index is 0.106. The smallest absolute Gasteiger partial charge is 0.255 e. The van der Waals surface area contributed by atoms with Gasteiger partial charge in [0.05, 0.1) is 25.6 Å². The van der Waals surface area contributed by atoms with Crippen LogP contribution >= 0.6 is 11.6 Å². The van der Waals surface area contributed by atoms with Crippen LogP contribution in [-0.4, -0.2) is 27.7 Å². The number of amides is 1. The summed E-state index contributed by atoms with van der Waals surface area (Å²) in [5.41, 5.74) is 2.49. The van der Waals surface area contributed by atoms with Crippen LogP contribution in [0.4, 0.5) is 15.8 Å². The van der Waals surface area contributed by atoms with E-state index in [1.54, 1.807) is 36.4 Å². The Hall–Kier alpha value is -3.10. The molecule has 0 fully saturated rings. The topological polar surface area (TPSA) is 75.7 Å². The number of benzene rings is 3. The molecule has 1 amide bonds. The van der Waals surface area contributed by atoms with Crippen LogP contribution in [0, 0.1) is 12.7 Å². The molecule has 0 bridgehead atoms. The average molecular weight is 477 g/mol. The van der Waals surface area contributed by atoms with Crippen molar-refractivity contribution >= 4 is 38.9 Å². The lowest BCUT2D eigenvalue weighted by molar-refractivity contribution is 0.102. The summed E-state index contributed by atoms with van der Waals surface area (Å²) in [5, 5.41) is 3.31. The highest BCUT2D eigenvalue weighted by molar-refractivity contribution is 7.92. The molecule has 168 valence electrons. The molecule has 3 aromatic rings. The van der Waals surface area contributed by atoms with Gasteiger partial charge in [-0.15, -0.1) is 0 Å². The molecular formula is C23H22ClFN2O4S. The monoisotopic (exact) mass is 476 g/mol. The van der Waals surface area contributed by atoms with Gasteiger partial charge in [0.25, 0.3) is 5.91 Å². The van der Waals surface area contributed by atoms with E-state index >= 15 is 0 Å². The summed E-state index contributed by atoms with van der Waals surface area (Å²) in [6.45, 7) is 1.74. The zero-order chi connectivity index (χ0) is 23.5. The minimum atomic E-state index is -3.71. The number of halogens is 2. The maximum atomic E-state index is 13.3.